The molecule has 0 saturated carbocycles. The molecule has 2 rings (SSSR count). The van der Waals surface area contributed by atoms with Gasteiger partial charge in [-0.3, -0.25) is 0 Å². The van der Waals surface area contributed by atoms with Gasteiger partial charge in [-0.1, -0.05) is 29.8 Å². The Kier molecular flexibility index (Phi) is 4.64. The van der Waals surface area contributed by atoms with Crippen molar-refractivity contribution in [2.75, 3.05) is 6.54 Å². The Morgan fingerprint density at radius 3 is 2.78 bits per heavy atom. The van der Waals surface area contributed by atoms with Gasteiger partial charge in [-0.05, 0) is 43.1 Å². The van der Waals surface area contributed by atoms with Gasteiger partial charge in [0.25, 0.3) is 0 Å². The first-order chi connectivity index (χ1) is 8.70. The predicted octanol–water partition coefficient (Wildman–Crippen LogP) is 3.79. The van der Waals surface area contributed by atoms with E-state index in [-0.39, 0.29) is 0 Å². The van der Waals surface area contributed by atoms with Gasteiger partial charge in [0.2, 0.25) is 0 Å². The molecular formula is C14H16ClNOS. The van der Waals surface area contributed by atoms with Gasteiger partial charge in [0.05, 0.1) is 4.34 Å². The lowest BCUT2D eigenvalue weighted by molar-refractivity contribution is 0.304. The van der Waals surface area contributed by atoms with E-state index >= 15 is 0 Å². The predicted molar refractivity (Wildman–Crippen MR) is 77.6 cm³/mol. The molecule has 4 heteroatoms. The lowest BCUT2D eigenvalue weighted by atomic mass is 10.1. The zero-order valence-electron chi connectivity index (χ0n) is 10.3. The smallest absolute Gasteiger partial charge is 0.125 e. The minimum absolute atomic E-state index is 0.555. The van der Waals surface area contributed by atoms with Gasteiger partial charge in [0.15, 0.2) is 0 Å². The number of ether oxygens (including phenoxy) is 1. The minimum Gasteiger partial charge on any atom is -0.488 e. The molecule has 2 aromatic rings. The van der Waals surface area contributed by atoms with Crippen molar-refractivity contribution in [3.05, 3.63) is 50.7 Å². The summed E-state index contributed by atoms with van der Waals surface area (Å²) in [6, 6.07) is 10.0. The first-order valence-corrected chi connectivity index (χ1v) is 7.05. The quantitative estimate of drug-likeness (QED) is 0.905. The highest BCUT2D eigenvalue weighted by molar-refractivity contribution is 7.16. The molecule has 96 valence electrons. The number of rotatable bonds is 5. The van der Waals surface area contributed by atoms with Crippen LogP contribution in [0.4, 0.5) is 0 Å². The molecular weight excluding hydrogens is 266 g/mol. The van der Waals surface area contributed by atoms with Crippen LogP contribution in [0.1, 0.15) is 16.0 Å². The fourth-order valence-electron chi connectivity index (χ4n) is 1.84. The van der Waals surface area contributed by atoms with E-state index in [1.165, 1.54) is 5.56 Å². The van der Waals surface area contributed by atoms with Crippen LogP contribution in [-0.2, 0) is 13.0 Å². The number of hydrogen-bond donors (Lipinski definition) is 1. The standard InChI is InChI=1S/C14H16ClNOS/c1-10-3-2-4-11(7-8-16)14(10)17-9-12-5-6-13(15)18-12/h2-6H,7-9,16H2,1H3. The van der Waals surface area contributed by atoms with Crippen molar-refractivity contribution in [3.8, 4) is 5.75 Å². The number of hydrogen-bond acceptors (Lipinski definition) is 3. The van der Waals surface area contributed by atoms with Crippen LogP contribution in [0, 0.1) is 6.92 Å². The first kappa shape index (κ1) is 13.4. The molecule has 0 radical (unpaired) electrons. The monoisotopic (exact) mass is 281 g/mol. The molecule has 2 N–H and O–H groups in total. The molecule has 0 aliphatic carbocycles. The summed E-state index contributed by atoms with van der Waals surface area (Å²) in [6.45, 7) is 3.24. The van der Waals surface area contributed by atoms with Crippen LogP contribution in [0.3, 0.4) is 0 Å². The van der Waals surface area contributed by atoms with Gasteiger partial charge in [-0.15, -0.1) is 11.3 Å². The molecule has 0 aliphatic rings. The van der Waals surface area contributed by atoms with Gasteiger partial charge in [-0.2, -0.15) is 0 Å². The molecule has 1 aromatic carbocycles. The Labute approximate surface area is 116 Å². The van der Waals surface area contributed by atoms with Crippen molar-refractivity contribution in [1.82, 2.24) is 0 Å². The normalized spacial score (nSPS) is 10.6. The van der Waals surface area contributed by atoms with Crippen LogP contribution in [0.2, 0.25) is 4.34 Å². The molecule has 0 fully saturated rings. The molecule has 0 aliphatic heterocycles. The lowest BCUT2D eigenvalue weighted by Gasteiger charge is -2.13. The van der Waals surface area contributed by atoms with Gasteiger partial charge >= 0.3 is 0 Å². The Balaban J connectivity index is 2.12. The maximum Gasteiger partial charge on any atom is 0.125 e. The van der Waals surface area contributed by atoms with Crippen LogP contribution < -0.4 is 10.5 Å². The van der Waals surface area contributed by atoms with Crippen molar-refractivity contribution in [3.63, 3.8) is 0 Å². The number of nitrogens with two attached hydrogens (primary N) is 1. The Bertz CT molecular complexity index is 524. The Hall–Kier alpha value is -1.03. The van der Waals surface area contributed by atoms with Gasteiger partial charge < -0.3 is 10.5 Å². The number of aryl methyl sites for hydroxylation is 1. The van der Waals surface area contributed by atoms with E-state index in [0.717, 1.165) is 26.9 Å². The molecule has 0 atom stereocenters. The highest BCUT2D eigenvalue weighted by atomic mass is 35.5. The van der Waals surface area contributed by atoms with E-state index in [2.05, 4.69) is 19.1 Å². The third-order valence-corrected chi connectivity index (χ3v) is 3.90. The maximum atomic E-state index is 5.92. The third-order valence-electron chi connectivity index (χ3n) is 2.69. The number of benzene rings is 1. The van der Waals surface area contributed by atoms with Crippen LogP contribution in [0.15, 0.2) is 30.3 Å². The topological polar surface area (TPSA) is 35.2 Å². The van der Waals surface area contributed by atoms with E-state index in [1.54, 1.807) is 11.3 Å². The molecule has 1 aromatic heterocycles. The van der Waals surface area contributed by atoms with Crippen molar-refractivity contribution in [1.29, 1.82) is 0 Å². The van der Waals surface area contributed by atoms with Crippen LogP contribution in [0.25, 0.3) is 0 Å². The van der Waals surface area contributed by atoms with E-state index in [1.807, 2.05) is 18.2 Å². The fraction of sp³-hybridized carbons (Fsp3) is 0.286. The third kappa shape index (κ3) is 3.25. The average Bonchev–Trinajstić information content (AvgIpc) is 2.75. The number of para-hydroxylation sites is 1. The molecule has 2 nitrogen and oxygen atoms in total. The van der Waals surface area contributed by atoms with Gasteiger partial charge in [-0.25, -0.2) is 0 Å². The van der Waals surface area contributed by atoms with Gasteiger partial charge in [0, 0.05) is 4.88 Å². The van der Waals surface area contributed by atoms with Crippen LogP contribution in [-0.4, -0.2) is 6.54 Å². The van der Waals surface area contributed by atoms with Crippen LogP contribution >= 0.6 is 22.9 Å². The zero-order chi connectivity index (χ0) is 13.0. The highest BCUT2D eigenvalue weighted by Crippen LogP contribution is 2.27. The van der Waals surface area contributed by atoms with E-state index < -0.39 is 0 Å². The fourth-order valence-corrected chi connectivity index (χ4v) is 2.85. The molecule has 0 spiro atoms. The Morgan fingerprint density at radius 2 is 2.11 bits per heavy atom. The lowest BCUT2D eigenvalue weighted by Crippen LogP contribution is -2.06. The summed E-state index contributed by atoms with van der Waals surface area (Å²) >= 11 is 7.45. The molecule has 0 saturated heterocycles. The summed E-state index contributed by atoms with van der Waals surface area (Å²) in [5.74, 6) is 0.951. The van der Waals surface area contributed by atoms with E-state index in [9.17, 15) is 0 Å². The maximum absolute atomic E-state index is 5.92. The summed E-state index contributed by atoms with van der Waals surface area (Å²) in [7, 11) is 0. The molecule has 1 heterocycles. The summed E-state index contributed by atoms with van der Waals surface area (Å²) in [5.41, 5.74) is 7.93. The molecule has 0 unspecified atom stereocenters. The molecule has 0 amide bonds. The number of halogens is 1. The summed E-state index contributed by atoms with van der Waals surface area (Å²) in [4.78, 5) is 1.13. The van der Waals surface area contributed by atoms with Crippen molar-refractivity contribution >= 4 is 22.9 Å². The molecule has 0 bridgehead atoms. The van der Waals surface area contributed by atoms with Crippen molar-refractivity contribution in [2.45, 2.75) is 20.0 Å². The molecule has 18 heavy (non-hydrogen) atoms. The SMILES string of the molecule is Cc1cccc(CCN)c1OCc1ccc(Cl)s1. The average molecular weight is 282 g/mol. The van der Waals surface area contributed by atoms with Gasteiger partial charge in [0.1, 0.15) is 12.4 Å². The van der Waals surface area contributed by atoms with E-state index in [4.69, 9.17) is 22.1 Å². The Morgan fingerprint density at radius 1 is 1.28 bits per heavy atom. The minimum atomic E-state index is 0.555. The number of thiophene rings is 1. The second kappa shape index (κ2) is 6.23. The van der Waals surface area contributed by atoms with Crippen molar-refractivity contribution < 1.29 is 4.74 Å². The van der Waals surface area contributed by atoms with E-state index in [0.29, 0.717) is 13.2 Å². The van der Waals surface area contributed by atoms with Crippen molar-refractivity contribution in [2.24, 2.45) is 5.73 Å². The summed E-state index contributed by atoms with van der Waals surface area (Å²) < 4.78 is 6.71. The second-order valence-corrected chi connectivity index (χ2v) is 5.90. The van der Waals surface area contributed by atoms with Crippen LogP contribution in [0.5, 0.6) is 5.75 Å². The zero-order valence-corrected chi connectivity index (χ0v) is 11.9. The largest absolute Gasteiger partial charge is 0.488 e. The summed E-state index contributed by atoms with van der Waals surface area (Å²) in [6.07, 6.45) is 0.836. The first-order valence-electron chi connectivity index (χ1n) is 5.86. The summed E-state index contributed by atoms with van der Waals surface area (Å²) in [5, 5.41) is 0. The second-order valence-electron chi connectivity index (χ2n) is 4.10. The highest BCUT2D eigenvalue weighted by Gasteiger charge is 2.07.